The van der Waals surface area contributed by atoms with Crippen LogP contribution in [0.25, 0.3) is 11.3 Å². The summed E-state index contributed by atoms with van der Waals surface area (Å²) in [6.45, 7) is 4.24. The predicted octanol–water partition coefficient (Wildman–Crippen LogP) is 2.09. The van der Waals surface area contributed by atoms with Gasteiger partial charge in [-0.05, 0) is 57.4 Å². The molecule has 0 unspecified atom stereocenters. The third-order valence-electron chi connectivity index (χ3n) is 4.89. The second-order valence-corrected chi connectivity index (χ2v) is 7.60. The number of aliphatic hydroxyl groups is 1. The summed E-state index contributed by atoms with van der Waals surface area (Å²) in [5, 5.41) is 23.6. The molecule has 29 heavy (non-hydrogen) atoms. The van der Waals surface area contributed by atoms with E-state index in [1.807, 2.05) is 20.0 Å². The second kappa shape index (κ2) is 9.80. The zero-order valence-electron chi connectivity index (χ0n) is 16.7. The minimum atomic E-state index is -0.433. The normalized spacial score (nSPS) is 21.9. The van der Waals surface area contributed by atoms with Gasteiger partial charge in [0.15, 0.2) is 0 Å². The van der Waals surface area contributed by atoms with E-state index in [4.69, 9.17) is 4.74 Å². The highest BCUT2D eigenvalue weighted by Crippen LogP contribution is 2.23. The number of amides is 2. The second-order valence-electron chi connectivity index (χ2n) is 7.60. The number of ether oxygens (including phenoxy) is 1. The van der Waals surface area contributed by atoms with Crippen LogP contribution < -0.4 is 10.6 Å². The van der Waals surface area contributed by atoms with Gasteiger partial charge in [0, 0.05) is 18.2 Å². The lowest BCUT2D eigenvalue weighted by Crippen LogP contribution is -2.54. The Morgan fingerprint density at radius 3 is 2.79 bits per heavy atom. The van der Waals surface area contributed by atoms with E-state index in [2.05, 4.69) is 20.9 Å². The highest BCUT2D eigenvalue weighted by atomic mass is 19.1. The maximum atomic E-state index is 13.0. The van der Waals surface area contributed by atoms with Gasteiger partial charge >= 0.3 is 6.03 Å². The fourth-order valence-electron chi connectivity index (χ4n) is 3.42. The largest absolute Gasteiger partial charge is 0.394 e. The molecule has 8 nitrogen and oxygen atoms in total. The molecule has 1 saturated heterocycles. The number of nitrogens with zero attached hydrogens (tertiary/aromatic N) is 3. The number of benzene rings is 1. The molecule has 0 bridgehead atoms. The summed E-state index contributed by atoms with van der Waals surface area (Å²) in [4.78, 5) is 11.9. The summed E-state index contributed by atoms with van der Waals surface area (Å²) in [6, 6.07) is 5.70. The minimum Gasteiger partial charge on any atom is -0.394 e. The molecule has 2 aromatic rings. The van der Waals surface area contributed by atoms with Crippen molar-refractivity contribution in [3.8, 4) is 11.3 Å². The van der Waals surface area contributed by atoms with Crippen LogP contribution in [-0.4, -0.2) is 57.0 Å². The molecule has 3 atom stereocenters. The van der Waals surface area contributed by atoms with Crippen molar-refractivity contribution < 1.29 is 19.0 Å². The van der Waals surface area contributed by atoms with E-state index >= 15 is 0 Å². The highest BCUT2D eigenvalue weighted by Gasteiger charge is 2.31. The molecule has 0 saturated carbocycles. The van der Waals surface area contributed by atoms with Crippen molar-refractivity contribution in [3.63, 3.8) is 0 Å². The summed E-state index contributed by atoms with van der Waals surface area (Å²) in [7, 11) is 0. The SMILES string of the molecule is CC(C)NC(=O)N[C@H]1CC[C@@H](CCn2cc(-c3ccc(F)cc3)nn2)O[C@H]1CO. The summed E-state index contributed by atoms with van der Waals surface area (Å²) in [5.74, 6) is -0.288. The lowest BCUT2D eigenvalue weighted by Gasteiger charge is -2.36. The van der Waals surface area contributed by atoms with Crippen LogP contribution in [0.15, 0.2) is 30.5 Å². The van der Waals surface area contributed by atoms with Gasteiger partial charge in [0.2, 0.25) is 0 Å². The van der Waals surface area contributed by atoms with E-state index in [1.165, 1.54) is 12.1 Å². The van der Waals surface area contributed by atoms with Crippen molar-refractivity contribution in [2.24, 2.45) is 0 Å². The summed E-state index contributed by atoms with van der Waals surface area (Å²) < 4.78 is 20.8. The molecule has 0 radical (unpaired) electrons. The van der Waals surface area contributed by atoms with Gasteiger partial charge in [-0.25, -0.2) is 9.18 Å². The molecule has 9 heteroatoms. The van der Waals surface area contributed by atoms with Gasteiger partial charge in [0.1, 0.15) is 17.6 Å². The lowest BCUT2D eigenvalue weighted by molar-refractivity contribution is -0.0908. The van der Waals surface area contributed by atoms with Gasteiger partial charge in [-0.3, -0.25) is 4.68 Å². The van der Waals surface area contributed by atoms with Crippen molar-refractivity contribution in [2.45, 2.75) is 63.9 Å². The number of hydrogen-bond acceptors (Lipinski definition) is 5. The molecular weight excluding hydrogens is 377 g/mol. The number of rotatable bonds is 7. The molecule has 158 valence electrons. The Morgan fingerprint density at radius 2 is 2.10 bits per heavy atom. The first-order valence-electron chi connectivity index (χ1n) is 9.94. The predicted molar refractivity (Wildman–Crippen MR) is 106 cm³/mol. The fraction of sp³-hybridized carbons (Fsp3) is 0.550. The first kappa shape index (κ1) is 21.2. The molecule has 0 aliphatic carbocycles. The smallest absolute Gasteiger partial charge is 0.315 e. The van der Waals surface area contributed by atoms with Gasteiger partial charge in [0.05, 0.1) is 24.9 Å². The molecular formula is C20H28FN5O3. The Hall–Kier alpha value is -2.52. The monoisotopic (exact) mass is 405 g/mol. The van der Waals surface area contributed by atoms with Crippen LogP contribution in [0.1, 0.15) is 33.1 Å². The maximum absolute atomic E-state index is 13.0. The molecule has 1 aliphatic rings. The number of hydrogen-bond donors (Lipinski definition) is 3. The summed E-state index contributed by atoms with van der Waals surface area (Å²) >= 11 is 0. The average Bonchev–Trinajstić information content (AvgIpc) is 3.16. The Bertz CT molecular complexity index is 796. The van der Waals surface area contributed by atoms with Crippen molar-refractivity contribution in [3.05, 3.63) is 36.3 Å². The summed E-state index contributed by atoms with van der Waals surface area (Å²) in [6.07, 6.45) is 3.59. The Morgan fingerprint density at radius 1 is 1.34 bits per heavy atom. The molecule has 3 N–H and O–H groups in total. The number of carbonyl (C=O) groups excluding carboxylic acids is 1. The van der Waals surface area contributed by atoms with Crippen LogP contribution in [0.3, 0.4) is 0 Å². The Kier molecular flexibility index (Phi) is 7.16. The zero-order chi connectivity index (χ0) is 20.8. The number of aryl methyl sites for hydroxylation is 1. The molecule has 0 spiro atoms. The van der Waals surface area contributed by atoms with Crippen LogP contribution in [0.4, 0.5) is 9.18 Å². The van der Waals surface area contributed by atoms with Gasteiger partial charge in [-0.15, -0.1) is 5.10 Å². The van der Waals surface area contributed by atoms with Crippen molar-refractivity contribution in [2.75, 3.05) is 6.61 Å². The Balaban J connectivity index is 1.49. The van der Waals surface area contributed by atoms with E-state index in [0.29, 0.717) is 18.7 Å². The van der Waals surface area contributed by atoms with Crippen LogP contribution in [0.5, 0.6) is 0 Å². The number of aliphatic hydroxyl groups excluding tert-OH is 1. The summed E-state index contributed by atoms with van der Waals surface area (Å²) in [5.41, 5.74) is 1.49. The minimum absolute atomic E-state index is 0.0307. The van der Waals surface area contributed by atoms with Crippen LogP contribution >= 0.6 is 0 Å². The van der Waals surface area contributed by atoms with Crippen LogP contribution in [-0.2, 0) is 11.3 Å². The van der Waals surface area contributed by atoms with Gasteiger partial charge in [-0.1, -0.05) is 5.21 Å². The van der Waals surface area contributed by atoms with Crippen molar-refractivity contribution in [1.29, 1.82) is 0 Å². The van der Waals surface area contributed by atoms with Gasteiger partial charge < -0.3 is 20.5 Å². The molecule has 1 aromatic carbocycles. The lowest BCUT2D eigenvalue weighted by atomic mass is 9.97. The third-order valence-corrected chi connectivity index (χ3v) is 4.89. The highest BCUT2D eigenvalue weighted by molar-refractivity contribution is 5.74. The third kappa shape index (κ3) is 5.98. The fourth-order valence-corrected chi connectivity index (χ4v) is 3.42. The van der Waals surface area contributed by atoms with E-state index < -0.39 is 6.10 Å². The average molecular weight is 405 g/mol. The first-order chi connectivity index (χ1) is 13.9. The molecule has 2 amide bonds. The van der Waals surface area contributed by atoms with E-state index in [1.54, 1.807) is 16.8 Å². The van der Waals surface area contributed by atoms with Gasteiger partial charge in [0.25, 0.3) is 0 Å². The van der Waals surface area contributed by atoms with Crippen molar-refractivity contribution in [1.82, 2.24) is 25.6 Å². The van der Waals surface area contributed by atoms with Crippen molar-refractivity contribution >= 4 is 6.03 Å². The number of aromatic nitrogens is 3. The van der Waals surface area contributed by atoms with E-state index in [0.717, 1.165) is 18.4 Å². The molecule has 1 aliphatic heterocycles. The topological polar surface area (TPSA) is 101 Å². The number of urea groups is 1. The number of carbonyl (C=O) groups is 1. The molecule has 1 aromatic heterocycles. The Labute approximate surface area is 169 Å². The molecule has 3 rings (SSSR count). The quantitative estimate of drug-likeness (QED) is 0.655. The van der Waals surface area contributed by atoms with E-state index in [9.17, 15) is 14.3 Å². The zero-order valence-corrected chi connectivity index (χ0v) is 16.7. The van der Waals surface area contributed by atoms with Crippen LogP contribution in [0, 0.1) is 5.82 Å². The molecule has 2 heterocycles. The number of nitrogens with one attached hydrogen (secondary N) is 2. The van der Waals surface area contributed by atoms with E-state index in [-0.39, 0.29) is 36.6 Å². The molecule has 1 fully saturated rings. The van der Waals surface area contributed by atoms with Crippen LogP contribution in [0.2, 0.25) is 0 Å². The maximum Gasteiger partial charge on any atom is 0.315 e. The first-order valence-corrected chi connectivity index (χ1v) is 9.94. The standard InChI is InChI=1S/C20H28FN5O3/c1-13(2)22-20(28)23-17-8-7-16(29-19(17)12-27)9-10-26-11-18(24-25-26)14-3-5-15(21)6-4-14/h3-6,11,13,16-17,19,27H,7-10,12H2,1-2H3,(H2,22,23,28)/t16-,17-,19-/m0/s1. The van der Waals surface area contributed by atoms with Gasteiger partial charge in [-0.2, -0.15) is 0 Å². The number of halogens is 1.